The van der Waals surface area contributed by atoms with E-state index in [1.165, 1.54) is 11.8 Å². The van der Waals surface area contributed by atoms with Crippen LogP contribution in [0, 0.1) is 0 Å². The highest BCUT2D eigenvalue weighted by Crippen LogP contribution is 2.21. The van der Waals surface area contributed by atoms with Crippen LogP contribution in [0.2, 0.25) is 0 Å². The van der Waals surface area contributed by atoms with Gasteiger partial charge >= 0.3 is 0 Å². The van der Waals surface area contributed by atoms with Crippen LogP contribution >= 0.6 is 11.8 Å². The summed E-state index contributed by atoms with van der Waals surface area (Å²) >= 11 is 1.32. The van der Waals surface area contributed by atoms with Gasteiger partial charge in [-0.25, -0.2) is 8.42 Å². The molecule has 112 valence electrons. The summed E-state index contributed by atoms with van der Waals surface area (Å²) in [5.41, 5.74) is 0. The summed E-state index contributed by atoms with van der Waals surface area (Å²) in [5, 5.41) is 10.9. The molecule has 7 nitrogen and oxygen atoms in total. The first kappa shape index (κ1) is 15.3. The van der Waals surface area contributed by atoms with E-state index in [2.05, 4.69) is 15.5 Å². The van der Waals surface area contributed by atoms with Crippen LogP contribution in [0.4, 0.5) is 0 Å². The van der Waals surface area contributed by atoms with E-state index < -0.39 is 9.84 Å². The minimum atomic E-state index is -2.98. The first-order valence-corrected chi connectivity index (χ1v) is 9.16. The highest BCUT2D eigenvalue weighted by Gasteiger charge is 2.30. The Hall–Kier alpha value is -1.09. The second-order valence-corrected chi connectivity index (χ2v) is 8.30. The maximum absolute atomic E-state index is 12.1. The molecule has 2 rings (SSSR count). The Balaban J connectivity index is 1.89. The lowest BCUT2D eigenvalue weighted by Crippen LogP contribution is -2.40. The van der Waals surface area contributed by atoms with E-state index in [0.29, 0.717) is 11.6 Å². The van der Waals surface area contributed by atoms with Crippen molar-refractivity contribution < 1.29 is 13.2 Å². The average molecular weight is 318 g/mol. The van der Waals surface area contributed by atoms with E-state index in [1.54, 1.807) is 13.3 Å². The van der Waals surface area contributed by atoms with Crippen LogP contribution in [0.1, 0.15) is 20.3 Å². The fraction of sp³-hybridized carbons (Fsp3) is 0.727. The van der Waals surface area contributed by atoms with Crippen LogP contribution in [0.15, 0.2) is 11.5 Å². The monoisotopic (exact) mass is 318 g/mol. The topological polar surface area (TPSA) is 93.9 Å². The molecule has 2 heterocycles. The molecule has 0 aliphatic carbocycles. The van der Waals surface area contributed by atoms with Gasteiger partial charge in [0, 0.05) is 12.6 Å². The third kappa shape index (κ3) is 3.72. The van der Waals surface area contributed by atoms with Crippen LogP contribution in [-0.2, 0) is 21.2 Å². The number of aryl methyl sites for hydroxylation is 1. The molecular formula is C11H18N4O3S2. The maximum Gasteiger partial charge on any atom is 0.233 e. The third-order valence-corrected chi connectivity index (χ3v) is 6.01. The van der Waals surface area contributed by atoms with Crippen molar-refractivity contribution in [2.75, 3.05) is 11.5 Å². The molecule has 0 aromatic carbocycles. The van der Waals surface area contributed by atoms with Crippen molar-refractivity contribution in [3.63, 3.8) is 0 Å². The number of hydrogen-bond donors (Lipinski definition) is 1. The minimum Gasteiger partial charge on any atom is -0.351 e. The Morgan fingerprint density at radius 1 is 1.65 bits per heavy atom. The van der Waals surface area contributed by atoms with Crippen molar-refractivity contribution in [3.05, 3.63) is 6.33 Å². The number of amides is 1. The number of carbonyl (C=O) groups excluding carboxylic acids is 1. The Labute approximate surface area is 122 Å². The van der Waals surface area contributed by atoms with Crippen molar-refractivity contribution in [2.24, 2.45) is 0 Å². The Kier molecular flexibility index (Phi) is 4.69. The first-order valence-electron chi connectivity index (χ1n) is 6.46. The molecule has 20 heavy (non-hydrogen) atoms. The second-order valence-electron chi connectivity index (χ2n) is 4.77. The SMILES string of the molecule is CCn1cnnc1S[C@H](C)C(=O)N[C@H]1CCS(=O)(=O)C1. The van der Waals surface area contributed by atoms with Crippen molar-refractivity contribution in [1.29, 1.82) is 0 Å². The summed E-state index contributed by atoms with van der Waals surface area (Å²) in [6, 6.07) is -0.264. The molecule has 0 saturated carbocycles. The molecule has 1 saturated heterocycles. The zero-order valence-corrected chi connectivity index (χ0v) is 13.1. The van der Waals surface area contributed by atoms with Crippen molar-refractivity contribution in [3.8, 4) is 0 Å². The summed E-state index contributed by atoms with van der Waals surface area (Å²) in [4.78, 5) is 12.1. The van der Waals surface area contributed by atoms with Gasteiger partial charge in [0.2, 0.25) is 5.91 Å². The van der Waals surface area contributed by atoms with Gasteiger partial charge in [-0.1, -0.05) is 11.8 Å². The fourth-order valence-corrected chi connectivity index (χ4v) is 4.56. The molecule has 0 radical (unpaired) electrons. The zero-order valence-electron chi connectivity index (χ0n) is 11.4. The van der Waals surface area contributed by atoms with Crippen molar-refractivity contribution in [1.82, 2.24) is 20.1 Å². The standard InChI is InChI=1S/C11H18N4O3S2/c1-3-15-7-12-14-11(15)19-8(2)10(16)13-9-4-5-20(17,18)6-9/h7-9H,3-6H2,1-2H3,(H,13,16)/t8-,9+/m1/s1. The molecule has 2 atom stereocenters. The predicted molar refractivity (Wildman–Crippen MR) is 76.2 cm³/mol. The summed E-state index contributed by atoms with van der Waals surface area (Å²) in [7, 11) is -2.98. The lowest BCUT2D eigenvalue weighted by Gasteiger charge is -2.15. The molecule has 1 amide bonds. The van der Waals surface area contributed by atoms with Crippen LogP contribution in [0.3, 0.4) is 0 Å². The van der Waals surface area contributed by atoms with Crippen molar-refractivity contribution >= 4 is 27.5 Å². The van der Waals surface area contributed by atoms with E-state index in [4.69, 9.17) is 0 Å². The molecule has 1 fully saturated rings. The van der Waals surface area contributed by atoms with Gasteiger partial charge < -0.3 is 9.88 Å². The normalized spacial score (nSPS) is 22.6. The summed E-state index contributed by atoms with van der Waals surface area (Å²) in [5.74, 6) is 0.0352. The molecule has 1 aromatic heterocycles. The average Bonchev–Trinajstić information content (AvgIpc) is 2.95. The van der Waals surface area contributed by atoms with Crippen LogP contribution < -0.4 is 5.32 Å². The lowest BCUT2D eigenvalue weighted by molar-refractivity contribution is -0.120. The summed E-state index contributed by atoms with van der Waals surface area (Å²) < 4.78 is 24.6. The molecule has 1 N–H and O–H groups in total. The number of nitrogens with zero attached hydrogens (tertiary/aromatic N) is 3. The molecule has 0 bridgehead atoms. The highest BCUT2D eigenvalue weighted by atomic mass is 32.2. The van der Waals surface area contributed by atoms with Gasteiger partial charge in [-0.05, 0) is 20.3 Å². The Morgan fingerprint density at radius 2 is 2.40 bits per heavy atom. The third-order valence-electron chi connectivity index (χ3n) is 3.15. The fourth-order valence-electron chi connectivity index (χ4n) is 1.99. The second kappa shape index (κ2) is 6.13. The number of aromatic nitrogens is 3. The molecule has 1 aromatic rings. The van der Waals surface area contributed by atoms with Crippen LogP contribution in [0.5, 0.6) is 0 Å². The summed E-state index contributed by atoms with van der Waals surface area (Å²) in [6.45, 7) is 4.49. The van der Waals surface area contributed by atoms with Gasteiger partial charge in [-0.3, -0.25) is 4.79 Å². The van der Waals surface area contributed by atoms with Crippen molar-refractivity contribution in [2.45, 2.75) is 43.3 Å². The van der Waals surface area contributed by atoms with Gasteiger partial charge in [0.15, 0.2) is 15.0 Å². The number of rotatable bonds is 5. The molecule has 1 aliphatic rings. The Morgan fingerprint density at radius 3 is 3.00 bits per heavy atom. The summed E-state index contributed by atoms with van der Waals surface area (Å²) in [6.07, 6.45) is 2.12. The van der Waals surface area contributed by atoms with Gasteiger partial charge in [-0.15, -0.1) is 10.2 Å². The number of thioether (sulfide) groups is 1. The smallest absolute Gasteiger partial charge is 0.233 e. The molecule has 1 aliphatic heterocycles. The number of nitrogens with one attached hydrogen (secondary N) is 1. The zero-order chi connectivity index (χ0) is 14.8. The maximum atomic E-state index is 12.1. The molecule has 9 heteroatoms. The number of sulfone groups is 1. The van der Waals surface area contributed by atoms with E-state index >= 15 is 0 Å². The Bertz CT molecular complexity index is 584. The quantitative estimate of drug-likeness (QED) is 0.773. The highest BCUT2D eigenvalue weighted by molar-refractivity contribution is 8.00. The molecule has 0 unspecified atom stereocenters. The van der Waals surface area contributed by atoms with Gasteiger partial charge in [0.05, 0.1) is 16.8 Å². The van der Waals surface area contributed by atoms with Crippen LogP contribution in [0.25, 0.3) is 0 Å². The van der Waals surface area contributed by atoms with Gasteiger partial charge in [0.1, 0.15) is 6.33 Å². The van der Waals surface area contributed by atoms with Gasteiger partial charge in [0.25, 0.3) is 0 Å². The van der Waals surface area contributed by atoms with E-state index in [9.17, 15) is 13.2 Å². The van der Waals surface area contributed by atoms with E-state index in [-0.39, 0.29) is 28.7 Å². The van der Waals surface area contributed by atoms with Gasteiger partial charge in [-0.2, -0.15) is 0 Å². The lowest BCUT2D eigenvalue weighted by atomic mass is 10.2. The van der Waals surface area contributed by atoms with Crippen LogP contribution in [-0.4, -0.2) is 51.9 Å². The minimum absolute atomic E-state index is 0.0429. The number of carbonyl (C=O) groups is 1. The van der Waals surface area contributed by atoms with E-state index in [1.807, 2.05) is 11.5 Å². The first-order chi connectivity index (χ1) is 9.41. The largest absolute Gasteiger partial charge is 0.351 e. The molecule has 0 spiro atoms. The molecular weight excluding hydrogens is 300 g/mol. The number of hydrogen-bond acceptors (Lipinski definition) is 6. The predicted octanol–water partition coefficient (Wildman–Crippen LogP) is 0.0819. The van der Waals surface area contributed by atoms with E-state index in [0.717, 1.165) is 6.54 Å².